The fraction of sp³-hybridized carbons (Fsp3) is 0.769. The average molecular weight is 289 g/mol. The van der Waals surface area contributed by atoms with E-state index in [0.29, 0.717) is 12.8 Å². The smallest absolute Gasteiger partial charge is 0.248 e. The summed E-state index contributed by atoms with van der Waals surface area (Å²) in [5, 5.41) is 1.04. The van der Waals surface area contributed by atoms with Gasteiger partial charge in [0.25, 0.3) is 0 Å². The third-order valence-corrected chi connectivity index (χ3v) is 5.11. The molecule has 1 aliphatic carbocycles. The molecular formula is C13H21F2N3S. The third-order valence-electron chi connectivity index (χ3n) is 4.01. The summed E-state index contributed by atoms with van der Waals surface area (Å²) in [5.41, 5.74) is 3.85. The topological polar surface area (TPSA) is 50.9 Å². The highest BCUT2D eigenvalue weighted by molar-refractivity contribution is 7.11. The van der Waals surface area contributed by atoms with Crippen molar-refractivity contribution in [3.63, 3.8) is 0 Å². The number of thiazole rings is 1. The van der Waals surface area contributed by atoms with Crippen LogP contribution < -0.4 is 11.3 Å². The zero-order chi connectivity index (χ0) is 14.0. The van der Waals surface area contributed by atoms with Gasteiger partial charge in [0.2, 0.25) is 5.92 Å². The Bertz CT molecular complexity index is 404. The Kier molecular flexibility index (Phi) is 4.53. The molecule has 3 N–H and O–H groups in total. The first-order valence-electron chi connectivity index (χ1n) is 6.68. The molecule has 1 aromatic rings. The van der Waals surface area contributed by atoms with E-state index in [-0.39, 0.29) is 24.8 Å². The van der Waals surface area contributed by atoms with E-state index >= 15 is 0 Å². The Balaban J connectivity index is 1.97. The van der Waals surface area contributed by atoms with E-state index < -0.39 is 5.92 Å². The highest BCUT2D eigenvalue weighted by Gasteiger charge is 2.37. The number of hydrogen-bond acceptors (Lipinski definition) is 4. The van der Waals surface area contributed by atoms with Gasteiger partial charge in [0.1, 0.15) is 0 Å². The molecule has 1 heterocycles. The SMILES string of the molecule is Cc1nc(CC(NN)C2CCC(F)(F)CC2)sc1C. The van der Waals surface area contributed by atoms with Crippen molar-refractivity contribution in [2.75, 3.05) is 0 Å². The van der Waals surface area contributed by atoms with Gasteiger partial charge < -0.3 is 0 Å². The number of aromatic nitrogens is 1. The molecule has 0 radical (unpaired) electrons. The fourth-order valence-corrected chi connectivity index (χ4v) is 3.63. The number of hydrogen-bond donors (Lipinski definition) is 2. The molecule has 6 heteroatoms. The van der Waals surface area contributed by atoms with Crippen LogP contribution in [0.2, 0.25) is 0 Å². The van der Waals surface area contributed by atoms with Crippen LogP contribution in [-0.2, 0) is 6.42 Å². The highest BCUT2D eigenvalue weighted by atomic mass is 32.1. The third kappa shape index (κ3) is 3.70. The van der Waals surface area contributed by atoms with E-state index in [1.165, 1.54) is 4.88 Å². The number of nitrogens with one attached hydrogen (secondary N) is 1. The standard InChI is InChI=1S/C13H21F2N3S/c1-8-9(2)19-12(17-8)7-11(18-16)10-3-5-13(14,15)6-4-10/h10-11,18H,3-7,16H2,1-2H3. The van der Waals surface area contributed by atoms with Gasteiger partial charge >= 0.3 is 0 Å². The second-order valence-corrected chi connectivity index (χ2v) is 6.71. The number of hydrazine groups is 1. The Morgan fingerprint density at radius 3 is 2.53 bits per heavy atom. The summed E-state index contributed by atoms with van der Waals surface area (Å²) in [6.07, 6.45) is 1.75. The summed E-state index contributed by atoms with van der Waals surface area (Å²) in [5.74, 6) is 3.34. The Morgan fingerprint density at radius 2 is 2.05 bits per heavy atom. The first-order chi connectivity index (χ1) is 8.91. The van der Waals surface area contributed by atoms with E-state index in [1.54, 1.807) is 11.3 Å². The number of alkyl halides is 2. The monoisotopic (exact) mass is 289 g/mol. The molecule has 0 aliphatic heterocycles. The van der Waals surface area contributed by atoms with Crippen LogP contribution in [0.3, 0.4) is 0 Å². The maximum Gasteiger partial charge on any atom is 0.248 e. The molecule has 0 saturated heterocycles. The molecule has 0 amide bonds. The summed E-state index contributed by atoms with van der Waals surface area (Å²) in [4.78, 5) is 5.71. The van der Waals surface area contributed by atoms with Crippen molar-refractivity contribution in [1.29, 1.82) is 0 Å². The maximum atomic E-state index is 13.2. The summed E-state index contributed by atoms with van der Waals surface area (Å²) in [6, 6.07) is 0.0426. The quantitative estimate of drug-likeness (QED) is 0.662. The number of rotatable bonds is 4. The molecule has 1 saturated carbocycles. The van der Waals surface area contributed by atoms with Gasteiger partial charge in [0.15, 0.2) is 0 Å². The maximum absolute atomic E-state index is 13.2. The molecule has 0 spiro atoms. The normalized spacial score (nSPS) is 21.5. The van der Waals surface area contributed by atoms with Crippen LogP contribution in [-0.4, -0.2) is 16.9 Å². The lowest BCUT2D eigenvalue weighted by Crippen LogP contribution is -2.44. The molecule has 1 aromatic heterocycles. The molecule has 3 nitrogen and oxygen atoms in total. The van der Waals surface area contributed by atoms with E-state index in [4.69, 9.17) is 5.84 Å². The summed E-state index contributed by atoms with van der Waals surface area (Å²) in [6.45, 7) is 4.03. The van der Waals surface area contributed by atoms with Gasteiger partial charge in [-0.25, -0.2) is 13.8 Å². The van der Waals surface area contributed by atoms with Crippen molar-refractivity contribution >= 4 is 11.3 Å². The molecule has 1 fully saturated rings. The number of halogens is 2. The van der Waals surface area contributed by atoms with Crippen LogP contribution in [0.5, 0.6) is 0 Å². The number of nitrogens with two attached hydrogens (primary N) is 1. The minimum Gasteiger partial charge on any atom is -0.271 e. The van der Waals surface area contributed by atoms with Crippen molar-refractivity contribution in [1.82, 2.24) is 10.4 Å². The second kappa shape index (κ2) is 5.81. The first kappa shape index (κ1) is 14.8. The molecule has 0 bridgehead atoms. The van der Waals surface area contributed by atoms with Crippen molar-refractivity contribution in [2.24, 2.45) is 11.8 Å². The largest absolute Gasteiger partial charge is 0.271 e. The molecule has 1 aliphatic rings. The van der Waals surface area contributed by atoms with Gasteiger partial charge in [0, 0.05) is 30.2 Å². The Morgan fingerprint density at radius 1 is 1.42 bits per heavy atom. The van der Waals surface area contributed by atoms with Crippen LogP contribution in [0.25, 0.3) is 0 Å². The minimum atomic E-state index is -2.48. The lowest BCUT2D eigenvalue weighted by molar-refractivity contribution is -0.0495. The van der Waals surface area contributed by atoms with Crippen molar-refractivity contribution in [3.8, 4) is 0 Å². The lowest BCUT2D eigenvalue weighted by atomic mass is 9.81. The van der Waals surface area contributed by atoms with E-state index in [2.05, 4.69) is 10.4 Å². The van der Waals surface area contributed by atoms with Crippen LogP contribution >= 0.6 is 11.3 Å². The molecule has 1 atom stereocenters. The summed E-state index contributed by atoms with van der Waals surface area (Å²) < 4.78 is 26.3. The number of nitrogens with zero attached hydrogens (tertiary/aromatic N) is 1. The second-order valence-electron chi connectivity index (χ2n) is 5.42. The van der Waals surface area contributed by atoms with Gasteiger partial charge in [-0.3, -0.25) is 11.3 Å². The van der Waals surface area contributed by atoms with E-state index in [1.807, 2.05) is 13.8 Å². The van der Waals surface area contributed by atoms with E-state index in [9.17, 15) is 8.78 Å². The molecular weight excluding hydrogens is 268 g/mol. The zero-order valence-corrected chi connectivity index (χ0v) is 12.2. The van der Waals surface area contributed by atoms with Crippen LogP contribution in [0.1, 0.15) is 41.3 Å². The van der Waals surface area contributed by atoms with Crippen LogP contribution in [0.15, 0.2) is 0 Å². The molecule has 2 rings (SSSR count). The Hall–Kier alpha value is -0.590. The van der Waals surface area contributed by atoms with Gasteiger partial charge in [-0.2, -0.15) is 0 Å². The van der Waals surface area contributed by atoms with Crippen LogP contribution in [0.4, 0.5) is 8.78 Å². The molecule has 0 aromatic carbocycles. The van der Waals surface area contributed by atoms with Gasteiger partial charge in [-0.15, -0.1) is 11.3 Å². The van der Waals surface area contributed by atoms with Gasteiger partial charge in [-0.1, -0.05) is 0 Å². The first-order valence-corrected chi connectivity index (χ1v) is 7.50. The Labute approximate surface area is 116 Å². The zero-order valence-electron chi connectivity index (χ0n) is 11.4. The summed E-state index contributed by atoms with van der Waals surface area (Å²) in [7, 11) is 0. The van der Waals surface area contributed by atoms with Gasteiger partial charge in [-0.05, 0) is 32.6 Å². The van der Waals surface area contributed by atoms with Crippen molar-refractivity contribution in [3.05, 3.63) is 15.6 Å². The molecule has 108 valence electrons. The summed E-state index contributed by atoms with van der Waals surface area (Å²) >= 11 is 1.67. The fourth-order valence-electron chi connectivity index (χ4n) is 2.64. The molecule has 19 heavy (non-hydrogen) atoms. The van der Waals surface area contributed by atoms with E-state index in [0.717, 1.165) is 17.1 Å². The van der Waals surface area contributed by atoms with Crippen molar-refractivity contribution < 1.29 is 8.78 Å². The molecule has 1 unspecified atom stereocenters. The average Bonchev–Trinajstić information content (AvgIpc) is 2.66. The predicted octanol–water partition coefficient (Wildman–Crippen LogP) is 2.96. The minimum absolute atomic E-state index is 0.0221. The highest BCUT2D eigenvalue weighted by Crippen LogP contribution is 2.38. The van der Waals surface area contributed by atoms with Crippen molar-refractivity contribution in [2.45, 2.75) is 57.9 Å². The van der Waals surface area contributed by atoms with Gasteiger partial charge in [0.05, 0.1) is 10.7 Å². The van der Waals surface area contributed by atoms with Crippen LogP contribution in [0, 0.1) is 19.8 Å². The number of aryl methyl sites for hydroxylation is 2. The predicted molar refractivity (Wildman–Crippen MR) is 73.3 cm³/mol. The lowest BCUT2D eigenvalue weighted by Gasteiger charge is -2.33.